The van der Waals surface area contributed by atoms with Crippen LogP contribution in [0.3, 0.4) is 0 Å². The van der Waals surface area contributed by atoms with Gasteiger partial charge in [0.2, 0.25) is 0 Å². The Morgan fingerprint density at radius 2 is 2.00 bits per heavy atom. The van der Waals surface area contributed by atoms with Crippen LogP contribution in [0.2, 0.25) is 0 Å². The summed E-state index contributed by atoms with van der Waals surface area (Å²) < 4.78 is 0.914. The number of nitrogen functional groups attached to an aromatic ring is 1. The monoisotopic (exact) mass is 308 g/mol. The highest BCUT2D eigenvalue weighted by atomic mass is 79.9. The Kier molecular flexibility index (Phi) is 3.93. The van der Waals surface area contributed by atoms with Crippen molar-refractivity contribution in [3.05, 3.63) is 29.1 Å². The van der Waals surface area contributed by atoms with Gasteiger partial charge in [0.25, 0.3) is 0 Å². The van der Waals surface area contributed by atoms with Gasteiger partial charge in [0.15, 0.2) is 11.6 Å². The maximum absolute atomic E-state index is 5.96. The van der Waals surface area contributed by atoms with Gasteiger partial charge in [-0.05, 0) is 35.0 Å². The first-order valence-corrected chi connectivity index (χ1v) is 6.23. The van der Waals surface area contributed by atoms with Crippen molar-refractivity contribution in [2.45, 2.75) is 6.92 Å². The second kappa shape index (κ2) is 5.63. The van der Waals surface area contributed by atoms with E-state index in [0.717, 1.165) is 11.0 Å². The van der Waals surface area contributed by atoms with E-state index in [1.807, 2.05) is 19.1 Å². The highest BCUT2D eigenvalue weighted by molar-refractivity contribution is 9.10. The number of rotatable bonds is 4. The van der Waals surface area contributed by atoms with Gasteiger partial charge in [-0.3, -0.25) is 0 Å². The van der Waals surface area contributed by atoms with Crippen LogP contribution in [0.4, 0.5) is 23.1 Å². The Morgan fingerprint density at radius 1 is 1.22 bits per heavy atom. The molecule has 2 aromatic rings. The maximum Gasteiger partial charge on any atom is 0.160 e. The summed E-state index contributed by atoms with van der Waals surface area (Å²) in [4.78, 5) is 12.4. The molecule has 18 heavy (non-hydrogen) atoms. The van der Waals surface area contributed by atoms with Crippen molar-refractivity contribution in [3.63, 3.8) is 0 Å². The zero-order valence-electron chi connectivity index (χ0n) is 9.81. The number of nitrogens with zero attached hydrogens (tertiary/aromatic N) is 3. The van der Waals surface area contributed by atoms with Crippen LogP contribution < -0.4 is 16.4 Å². The van der Waals surface area contributed by atoms with E-state index in [9.17, 15) is 0 Å². The SMILES string of the molecule is CCNc1ncnc(Nc2ccc(Br)cn2)c1N. The average molecular weight is 309 g/mol. The summed E-state index contributed by atoms with van der Waals surface area (Å²) in [5.74, 6) is 1.83. The Bertz CT molecular complexity index is 528. The van der Waals surface area contributed by atoms with Crippen LogP contribution in [-0.4, -0.2) is 21.5 Å². The molecule has 0 bridgehead atoms. The molecule has 0 unspecified atom stereocenters. The molecule has 0 fully saturated rings. The molecule has 6 nitrogen and oxygen atoms in total. The summed E-state index contributed by atoms with van der Waals surface area (Å²) >= 11 is 3.33. The third-order valence-electron chi connectivity index (χ3n) is 2.20. The number of hydrogen-bond donors (Lipinski definition) is 3. The predicted octanol–water partition coefficient (Wildman–Crippen LogP) is 2.39. The zero-order valence-corrected chi connectivity index (χ0v) is 11.4. The average Bonchev–Trinajstić information content (AvgIpc) is 2.37. The van der Waals surface area contributed by atoms with Crippen molar-refractivity contribution in [3.8, 4) is 0 Å². The van der Waals surface area contributed by atoms with Crippen molar-refractivity contribution in [2.24, 2.45) is 0 Å². The Hall–Kier alpha value is -1.89. The zero-order chi connectivity index (χ0) is 13.0. The van der Waals surface area contributed by atoms with Crippen molar-refractivity contribution in [1.82, 2.24) is 15.0 Å². The minimum Gasteiger partial charge on any atom is -0.393 e. The van der Waals surface area contributed by atoms with Gasteiger partial charge in [-0.15, -0.1) is 0 Å². The van der Waals surface area contributed by atoms with Crippen LogP contribution >= 0.6 is 15.9 Å². The summed E-state index contributed by atoms with van der Waals surface area (Å²) in [6, 6.07) is 3.72. The van der Waals surface area contributed by atoms with E-state index in [1.165, 1.54) is 6.33 Å². The summed E-state index contributed by atoms with van der Waals surface area (Å²) in [6.07, 6.45) is 3.15. The molecule has 0 aliphatic carbocycles. The highest BCUT2D eigenvalue weighted by Gasteiger charge is 2.07. The summed E-state index contributed by atoms with van der Waals surface area (Å²) in [5, 5.41) is 6.12. The normalized spacial score (nSPS) is 10.1. The number of hydrogen-bond acceptors (Lipinski definition) is 6. The smallest absolute Gasteiger partial charge is 0.160 e. The molecular weight excluding hydrogens is 296 g/mol. The number of anilines is 4. The third kappa shape index (κ3) is 2.86. The lowest BCUT2D eigenvalue weighted by atomic mass is 10.4. The van der Waals surface area contributed by atoms with E-state index in [-0.39, 0.29) is 0 Å². The topological polar surface area (TPSA) is 88.8 Å². The van der Waals surface area contributed by atoms with E-state index in [0.29, 0.717) is 23.1 Å². The molecule has 2 rings (SSSR count). The van der Waals surface area contributed by atoms with Gasteiger partial charge in [-0.1, -0.05) is 0 Å². The van der Waals surface area contributed by atoms with E-state index in [4.69, 9.17) is 5.73 Å². The third-order valence-corrected chi connectivity index (χ3v) is 2.67. The molecule has 2 aromatic heterocycles. The lowest BCUT2D eigenvalue weighted by Gasteiger charge is -2.10. The molecular formula is C11H13BrN6. The molecule has 0 atom stereocenters. The summed E-state index contributed by atoms with van der Waals surface area (Å²) in [5.41, 5.74) is 6.44. The predicted molar refractivity (Wildman–Crippen MR) is 75.8 cm³/mol. The van der Waals surface area contributed by atoms with Crippen molar-refractivity contribution in [1.29, 1.82) is 0 Å². The molecule has 94 valence electrons. The Labute approximate surface area is 113 Å². The van der Waals surface area contributed by atoms with Crippen molar-refractivity contribution >= 4 is 39.1 Å². The maximum atomic E-state index is 5.96. The number of halogens is 1. The molecule has 0 saturated heterocycles. The number of aromatic nitrogens is 3. The minimum absolute atomic E-state index is 0.476. The Balaban J connectivity index is 2.23. The molecule has 0 aromatic carbocycles. The largest absolute Gasteiger partial charge is 0.393 e. The standard InChI is InChI=1S/C11H13BrN6/c1-2-14-10-9(13)11(17-6-16-10)18-8-4-3-7(12)5-15-8/h3-6H,2,13H2,1H3,(H2,14,15,16,17,18). The number of pyridine rings is 1. The molecule has 0 amide bonds. The molecule has 7 heteroatoms. The van der Waals surface area contributed by atoms with Gasteiger partial charge in [-0.25, -0.2) is 15.0 Å². The number of nitrogens with one attached hydrogen (secondary N) is 2. The first-order valence-electron chi connectivity index (χ1n) is 5.43. The first-order chi connectivity index (χ1) is 8.70. The van der Waals surface area contributed by atoms with Gasteiger partial charge >= 0.3 is 0 Å². The quantitative estimate of drug-likeness (QED) is 0.803. The van der Waals surface area contributed by atoms with Crippen LogP contribution in [0.5, 0.6) is 0 Å². The van der Waals surface area contributed by atoms with Crippen molar-refractivity contribution in [2.75, 3.05) is 22.9 Å². The molecule has 0 saturated carbocycles. The Morgan fingerprint density at radius 3 is 2.67 bits per heavy atom. The van der Waals surface area contributed by atoms with Gasteiger partial charge < -0.3 is 16.4 Å². The van der Waals surface area contributed by atoms with Crippen LogP contribution in [0, 0.1) is 0 Å². The fraction of sp³-hybridized carbons (Fsp3) is 0.182. The van der Waals surface area contributed by atoms with E-state index >= 15 is 0 Å². The first kappa shape index (κ1) is 12.6. The highest BCUT2D eigenvalue weighted by Crippen LogP contribution is 2.25. The molecule has 0 aliphatic heterocycles. The van der Waals surface area contributed by atoms with E-state index < -0.39 is 0 Å². The minimum atomic E-state index is 0.476. The second-order valence-corrected chi connectivity index (χ2v) is 4.42. The lowest BCUT2D eigenvalue weighted by Crippen LogP contribution is -2.07. The fourth-order valence-electron chi connectivity index (χ4n) is 1.37. The lowest BCUT2D eigenvalue weighted by molar-refractivity contribution is 1.11. The van der Waals surface area contributed by atoms with E-state index in [1.54, 1.807) is 6.20 Å². The van der Waals surface area contributed by atoms with Crippen LogP contribution in [0.15, 0.2) is 29.1 Å². The molecule has 0 radical (unpaired) electrons. The fourth-order valence-corrected chi connectivity index (χ4v) is 1.61. The van der Waals surface area contributed by atoms with Crippen LogP contribution in [0.1, 0.15) is 6.92 Å². The van der Waals surface area contributed by atoms with Crippen LogP contribution in [-0.2, 0) is 0 Å². The number of nitrogens with two attached hydrogens (primary N) is 1. The second-order valence-electron chi connectivity index (χ2n) is 3.50. The van der Waals surface area contributed by atoms with Gasteiger partial charge in [0.1, 0.15) is 17.8 Å². The van der Waals surface area contributed by atoms with E-state index in [2.05, 4.69) is 41.5 Å². The molecule has 0 spiro atoms. The molecule has 2 heterocycles. The molecule has 4 N–H and O–H groups in total. The summed E-state index contributed by atoms with van der Waals surface area (Å²) in [6.45, 7) is 2.72. The van der Waals surface area contributed by atoms with Crippen molar-refractivity contribution < 1.29 is 0 Å². The molecule has 0 aliphatic rings. The van der Waals surface area contributed by atoms with Gasteiger partial charge in [0, 0.05) is 17.2 Å². The van der Waals surface area contributed by atoms with Gasteiger partial charge in [-0.2, -0.15) is 0 Å². The summed E-state index contributed by atoms with van der Waals surface area (Å²) in [7, 11) is 0. The van der Waals surface area contributed by atoms with Crippen LogP contribution in [0.25, 0.3) is 0 Å². The van der Waals surface area contributed by atoms with Gasteiger partial charge in [0.05, 0.1) is 0 Å².